The molecule has 33 heavy (non-hydrogen) atoms. The van der Waals surface area contributed by atoms with Gasteiger partial charge in [-0.1, -0.05) is 12.1 Å². The van der Waals surface area contributed by atoms with Crippen molar-refractivity contribution in [2.45, 2.75) is 19.4 Å². The zero-order valence-corrected chi connectivity index (χ0v) is 17.8. The van der Waals surface area contributed by atoms with E-state index in [0.29, 0.717) is 5.69 Å². The van der Waals surface area contributed by atoms with Gasteiger partial charge in [-0.15, -0.1) is 0 Å². The van der Waals surface area contributed by atoms with Gasteiger partial charge in [-0.3, -0.25) is 19.2 Å². The number of hydrogen-bond donors (Lipinski definition) is 4. The second-order valence-electron chi connectivity index (χ2n) is 6.99. The van der Waals surface area contributed by atoms with E-state index in [2.05, 4.69) is 21.3 Å². The minimum Gasteiger partial charge on any atom is -0.459 e. The molecule has 0 radical (unpaired) electrons. The van der Waals surface area contributed by atoms with E-state index < -0.39 is 0 Å². The summed E-state index contributed by atoms with van der Waals surface area (Å²) in [6.07, 6.45) is 3.01. The second kappa shape index (κ2) is 11.9. The van der Waals surface area contributed by atoms with Crippen LogP contribution in [0.3, 0.4) is 0 Å². The molecule has 4 amide bonds. The fraction of sp³-hybridized carbons (Fsp3) is 0.217. The van der Waals surface area contributed by atoms with E-state index in [4.69, 9.17) is 8.83 Å². The van der Waals surface area contributed by atoms with Crippen molar-refractivity contribution in [2.24, 2.45) is 0 Å². The van der Waals surface area contributed by atoms with Crippen LogP contribution in [0.2, 0.25) is 0 Å². The molecule has 10 heteroatoms. The molecule has 0 saturated carbocycles. The first-order valence-corrected chi connectivity index (χ1v) is 10.3. The average Bonchev–Trinajstić information content (AvgIpc) is 3.52. The summed E-state index contributed by atoms with van der Waals surface area (Å²) in [6, 6.07) is 13.4. The summed E-state index contributed by atoms with van der Waals surface area (Å²) in [5.41, 5.74) is 1.38. The van der Waals surface area contributed by atoms with Gasteiger partial charge in [0, 0.05) is 38.2 Å². The monoisotopic (exact) mass is 452 g/mol. The molecule has 172 valence electrons. The Hall–Kier alpha value is -4.34. The number of carbonyl (C=O) groups excluding carboxylic acids is 4. The van der Waals surface area contributed by atoms with Crippen LogP contribution in [0, 0.1) is 0 Å². The van der Waals surface area contributed by atoms with Gasteiger partial charge >= 0.3 is 0 Å². The number of carbonyl (C=O) groups is 4. The Morgan fingerprint density at radius 1 is 0.697 bits per heavy atom. The molecule has 1 aromatic carbocycles. The number of hydrogen-bond acceptors (Lipinski definition) is 6. The highest BCUT2D eigenvalue weighted by Crippen LogP contribution is 2.11. The van der Waals surface area contributed by atoms with Crippen LogP contribution in [-0.4, -0.2) is 36.7 Å². The third-order valence-electron chi connectivity index (χ3n) is 4.47. The highest BCUT2D eigenvalue weighted by Gasteiger charge is 2.10. The summed E-state index contributed by atoms with van der Waals surface area (Å²) in [5.74, 6) is -0.873. The molecule has 3 aromatic rings. The molecule has 3 rings (SSSR count). The van der Waals surface area contributed by atoms with Gasteiger partial charge in [0.2, 0.25) is 11.8 Å². The highest BCUT2D eigenvalue weighted by molar-refractivity contribution is 5.93. The lowest BCUT2D eigenvalue weighted by molar-refractivity contribution is -0.121. The van der Waals surface area contributed by atoms with Gasteiger partial charge in [0.15, 0.2) is 11.5 Å². The minimum atomic E-state index is -0.383. The standard InChI is InChI=1S/C23H24N4O6/c28-20(8-10-24-22(30)18-6-2-12-32-18)26-15-16-4-1-5-17(14-16)27-21(29)9-11-25-23(31)19-7-3-13-33-19/h1-7,12-14H,8-11,15H2,(H,24,30)(H,25,31)(H,26,28)(H,27,29). The summed E-state index contributed by atoms with van der Waals surface area (Å²) in [5, 5.41) is 10.7. The molecule has 0 aliphatic carbocycles. The highest BCUT2D eigenvalue weighted by atomic mass is 16.3. The van der Waals surface area contributed by atoms with Crippen LogP contribution in [0.15, 0.2) is 69.9 Å². The van der Waals surface area contributed by atoms with Crippen LogP contribution in [-0.2, 0) is 16.1 Å². The Bertz CT molecular complexity index is 1080. The second-order valence-corrected chi connectivity index (χ2v) is 6.99. The van der Waals surface area contributed by atoms with E-state index in [9.17, 15) is 19.2 Å². The Morgan fingerprint density at radius 2 is 1.30 bits per heavy atom. The zero-order chi connectivity index (χ0) is 23.5. The minimum absolute atomic E-state index is 0.0944. The van der Waals surface area contributed by atoms with Gasteiger partial charge in [0.25, 0.3) is 11.8 Å². The molecule has 0 spiro atoms. The summed E-state index contributed by atoms with van der Waals surface area (Å²) in [4.78, 5) is 47.7. The lowest BCUT2D eigenvalue weighted by atomic mass is 10.2. The van der Waals surface area contributed by atoms with Gasteiger partial charge in [-0.05, 0) is 42.0 Å². The van der Waals surface area contributed by atoms with Gasteiger partial charge in [-0.2, -0.15) is 0 Å². The van der Waals surface area contributed by atoms with Gasteiger partial charge in [-0.25, -0.2) is 0 Å². The molecular formula is C23H24N4O6. The van der Waals surface area contributed by atoms with Gasteiger partial charge in [0.05, 0.1) is 12.5 Å². The maximum Gasteiger partial charge on any atom is 0.286 e. The fourth-order valence-electron chi connectivity index (χ4n) is 2.84. The van der Waals surface area contributed by atoms with E-state index >= 15 is 0 Å². The number of furan rings is 2. The predicted molar refractivity (Wildman–Crippen MR) is 118 cm³/mol. The zero-order valence-electron chi connectivity index (χ0n) is 17.8. The van der Waals surface area contributed by atoms with Crippen molar-refractivity contribution in [3.05, 3.63) is 78.1 Å². The third kappa shape index (κ3) is 7.69. The summed E-state index contributed by atoms with van der Waals surface area (Å²) < 4.78 is 9.96. The SMILES string of the molecule is O=C(CCNC(=O)c1ccco1)NCc1cccc(NC(=O)CCNC(=O)c2ccco2)c1. The lowest BCUT2D eigenvalue weighted by Gasteiger charge is -2.09. The Morgan fingerprint density at radius 3 is 1.88 bits per heavy atom. The van der Waals surface area contributed by atoms with Crippen LogP contribution in [0.5, 0.6) is 0 Å². The van der Waals surface area contributed by atoms with Crippen molar-refractivity contribution in [3.63, 3.8) is 0 Å². The number of rotatable bonds is 11. The van der Waals surface area contributed by atoms with Gasteiger partial charge in [0.1, 0.15) is 0 Å². The van der Waals surface area contributed by atoms with Crippen molar-refractivity contribution >= 4 is 29.3 Å². The number of anilines is 1. The maximum absolute atomic E-state index is 12.1. The molecule has 2 aromatic heterocycles. The van der Waals surface area contributed by atoms with Crippen molar-refractivity contribution in [1.29, 1.82) is 0 Å². The normalized spacial score (nSPS) is 10.3. The van der Waals surface area contributed by atoms with Crippen LogP contribution in [0.4, 0.5) is 5.69 Å². The summed E-state index contributed by atoms with van der Waals surface area (Å²) >= 11 is 0. The van der Waals surface area contributed by atoms with Crippen LogP contribution < -0.4 is 21.3 Å². The van der Waals surface area contributed by atoms with E-state index in [1.54, 1.807) is 30.3 Å². The molecular weight excluding hydrogens is 428 g/mol. The first-order chi connectivity index (χ1) is 16.0. The molecule has 4 N–H and O–H groups in total. The Labute approximate surface area is 189 Å². The maximum atomic E-state index is 12.1. The molecule has 0 aliphatic rings. The van der Waals surface area contributed by atoms with E-state index in [-0.39, 0.29) is 67.6 Å². The number of benzene rings is 1. The summed E-state index contributed by atoms with van der Waals surface area (Å²) in [7, 11) is 0. The molecule has 0 fully saturated rings. The molecule has 2 heterocycles. The molecule has 0 unspecified atom stereocenters. The van der Waals surface area contributed by atoms with Crippen LogP contribution in [0.1, 0.15) is 39.5 Å². The van der Waals surface area contributed by atoms with Crippen molar-refractivity contribution in [1.82, 2.24) is 16.0 Å². The third-order valence-corrected chi connectivity index (χ3v) is 4.47. The molecule has 0 saturated heterocycles. The largest absolute Gasteiger partial charge is 0.459 e. The van der Waals surface area contributed by atoms with Crippen LogP contribution in [0.25, 0.3) is 0 Å². The van der Waals surface area contributed by atoms with Crippen molar-refractivity contribution < 1.29 is 28.0 Å². The molecule has 0 atom stereocenters. The molecule has 10 nitrogen and oxygen atoms in total. The Balaban J connectivity index is 1.34. The van der Waals surface area contributed by atoms with E-state index in [1.807, 2.05) is 6.07 Å². The van der Waals surface area contributed by atoms with Crippen molar-refractivity contribution in [3.8, 4) is 0 Å². The first-order valence-electron chi connectivity index (χ1n) is 10.3. The average molecular weight is 452 g/mol. The molecule has 0 aliphatic heterocycles. The summed E-state index contributed by atoms with van der Waals surface area (Å²) in [6.45, 7) is 0.614. The first kappa shape index (κ1) is 23.3. The topological polar surface area (TPSA) is 143 Å². The Kier molecular flexibility index (Phi) is 8.41. The smallest absolute Gasteiger partial charge is 0.286 e. The van der Waals surface area contributed by atoms with Crippen molar-refractivity contribution in [2.75, 3.05) is 18.4 Å². The quantitative estimate of drug-likeness (QED) is 0.351. The number of nitrogens with one attached hydrogen (secondary N) is 4. The lowest BCUT2D eigenvalue weighted by Crippen LogP contribution is -2.30. The molecule has 0 bridgehead atoms. The van der Waals surface area contributed by atoms with E-state index in [0.717, 1.165) is 5.56 Å². The fourth-order valence-corrected chi connectivity index (χ4v) is 2.84. The predicted octanol–water partition coefficient (Wildman–Crippen LogP) is 2.07. The van der Waals surface area contributed by atoms with Crippen LogP contribution >= 0.6 is 0 Å². The van der Waals surface area contributed by atoms with E-state index in [1.165, 1.54) is 24.7 Å². The van der Waals surface area contributed by atoms with Gasteiger partial charge < -0.3 is 30.1 Å². The number of amides is 4.